The Balaban J connectivity index is 2.35. The van der Waals surface area contributed by atoms with E-state index in [1.165, 1.54) is 0 Å². The van der Waals surface area contributed by atoms with E-state index in [1.807, 2.05) is 32.0 Å². The zero-order valence-corrected chi connectivity index (χ0v) is 12.1. The number of thiocarbonyl (C=S) groups is 1. The molecule has 1 fully saturated rings. The molecule has 1 unspecified atom stereocenters. The lowest BCUT2D eigenvalue weighted by Crippen LogP contribution is -2.55. The van der Waals surface area contributed by atoms with Crippen LogP contribution in [-0.2, 0) is 4.79 Å². The zero-order valence-electron chi connectivity index (χ0n) is 11.3. The third kappa shape index (κ3) is 2.71. The number of benzene rings is 1. The van der Waals surface area contributed by atoms with Crippen molar-refractivity contribution in [3.05, 3.63) is 29.3 Å². The minimum Gasteiger partial charge on any atom is -0.389 e. The Hall–Kier alpha value is -1.62. The van der Waals surface area contributed by atoms with E-state index in [9.17, 15) is 4.79 Å². The van der Waals surface area contributed by atoms with Crippen molar-refractivity contribution in [1.82, 2.24) is 5.32 Å². The molecule has 5 heteroatoms. The van der Waals surface area contributed by atoms with E-state index < -0.39 is 0 Å². The second kappa shape index (κ2) is 5.57. The van der Waals surface area contributed by atoms with Gasteiger partial charge in [0.2, 0.25) is 5.91 Å². The Bertz CT molecular complexity index is 515. The maximum Gasteiger partial charge on any atom is 0.242 e. The molecular weight excluding hydrogens is 258 g/mol. The zero-order chi connectivity index (χ0) is 14.0. The third-order valence-electron chi connectivity index (χ3n) is 3.51. The molecule has 0 aliphatic carbocycles. The summed E-state index contributed by atoms with van der Waals surface area (Å²) < 4.78 is 0. The number of amides is 1. The van der Waals surface area contributed by atoms with Crippen LogP contribution in [0.25, 0.3) is 0 Å². The highest BCUT2D eigenvalue weighted by Gasteiger charge is 2.28. The van der Waals surface area contributed by atoms with Crippen molar-refractivity contribution in [2.75, 3.05) is 18.0 Å². The van der Waals surface area contributed by atoms with E-state index in [2.05, 4.69) is 10.2 Å². The second-order valence-electron chi connectivity index (χ2n) is 4.77. The molecule has 1 aliphatic heterocycles. The van der Waals surface area contributed by atoms with Gasteiger partial charge in [-0.1, -0.05) is 19.1 Å². The molecule has 3 N–H and O–H groups in total. The van der Waals surface area contributed by atoms with Crippen LogP contribution in [0.3, 0.4) is 0 Å². The monoisotopic (exact) mass is 277 g/mol. The topological polar surface area (TPSA) is 58.4 Å². The van der Waals surface area contributed by atoms with Crippen molar-refractivity contribution in [2.45, 2.75) is 26.3 Å². The van der Waals surface area contributed by atoms with E-state index >= 15 is 0 Å². The van der Waals surface area contributed by atoms with Gasteiger partial charge in [-0.15, -0.1) is 0 Å². The van der Waals surface area contributed by atoms with Crippen LogP contribution in [0.4, 0.5) is 5.69 Å². The molecule has 0 aromatic heterocycles. The summed E-state index contributed by atoms with van der Waals surface area (Å²) in [4.78, 5) is 14.5. The maximum absolute atomic E-state index is 11.9. The average molecular weight is 277 g/mol. The van der Waals surface area contributed by atoms with Crippen molar-refractivity contribution in [1.29, 1.82) is 0 Å². The van der Waals surface area contributed by atoms with Gasteiger partial charge in [0.1, 0.15) is 11.0 Å². The Kier molecular flexibility index (Phi) is 4.04. The average Bonchev–Trinajstić information content (AvgIpc) is 2.38. The molecular formula is C14H19N3OS. The summed E-state index contributed by atoms with van der Waals surface area (Å²) in [6.07, 6.45) is 0.794. The summed E-state index contributed by atoms with van der Waals surface area (Å²) in [5, 5.41) is 2.91. The van der Waals surface area contributed by atoms with Crippen LogP contribution in [0.5, 0.6) is 0 Å². The normalized spacial score (nSPS) is 19.2. The largest absolute Gasteiger partial charge is 0.389 e. The quantitative estimate of drug-likeness (QED) is 0.819. The molecule has 2 rings (SSSR count). The minimum atomic E-state index is -0.0943. The number of carbonyl (C=O) groups is 1. The predicted molar refractivity (Wildman–Crippen MR) is 81.5 cm³/mol. The molecule has 0 saturated carbocycles. The summed E-state index contributed by atoms with van der Waals surface area (Å²) in [6, 6.07) is 5.81. The number of nitrogens with zero attached hydrogens (tertiary/aromatic N) is 1. The highest BCUT2D eigenvalue weighted by Crippen LogP contribution is 2.25. The predicted octanol–water partition coefficient (Wildman–Crippen LogP) is 1.34. The molecule has 1 saturated heterocycles. The first-order valence-corrected chi connectivity index (χ1v) is 6.90. The molecule has 19 heavy (non-hydrogen) atoms. The van der Waals surface area contributed by atoms with Crippen molar-refractivity contribution in [2.24, 2.45) is 5.73 Å². The molecule has 0 radical (unpaired) electrons. The smallest absolute Gasteiger partial charge is 0.242 e. The number of nitrogens with two attached hydrogens (primary N) is 1. The van der Waals surface area contributed by atoms with Gasteiger partial charge in [-0.05, 0) is 37.1 Å². The first-order chi connectivity index (χ1) is 9.04. The van der Waals surface area contributed by atoms with E-state index in [4.69, 9.17) is 18.0 Å². The number of rotatable bonds is 3. The fraction of sp³-hybridized carbons (Fsp3) is 0.429. The SMILES string of the molecule is CCC1C(=O)NCCN1c1ccc(C(N)=S)cc1C. The Morgan fingerprint density at radius 3 is 2.89 bits per heavy atom. The number of nitrogens with one attached hydrogen (secondary N) is 1. The molecule has 1 heterocycles. The van der Waals surface area contributed by atoms with Crippen LogP contribution < -0.4 is 16.0 Å². The van der Waals surface area contributed by atoms with Gasteiger partial charge < -0.3 is 16.0 Å². The number of aryl methyl sites for hydroxylation is 1. The fourth-order valence-corrected chi connectivity index (χ4v) is 2.67. The maximum atomic E-state index is 11.9. The summed E-state index contributed by atoms with van der Waals surface area (Å²) >= 11 is 4.99. The first-order valence-electron chi connectivity index (χ1n) is 6.49. The number of hydrogen-bond acceptors (Lipinski definition) is 3. The molecule has 1 aliphatic rings. The van der Waals surface area contributed by atoms with E-state index in [-0.39, 0.29) is 11.9 Å². The highest BCUT2D eigenvalue weighted by atomic mass is 32.1. The van der Waals surface area contributed by atoms with Crippen LogP contribution in [0.15, 0.2) is 18.2 Å². The summed E-state index contributed by atoms with van der Waals surface area (Å²) in [5.41, 5.74) is 8.69. The number of carbonyl (C=O) groups excluding carboxylic acids is 1. The molecule has 1 atom stereocenters. The van der Waals surface area contributed by atoms with E-state index in [0.29, 0.717) is 11.5 Å². The van der Waals surface area contributed by atoms with Crippen molar-refractivity contribution < 1.29 is 4.79 Å². The minimum absolute atomic E-state index is 0.0943. The number of anilines is 1. The molecule has 0 bridgehead atoms. The van der Waals surface area contributed by atoms with Crippen LogP contribution in [0.1, 0.15) is 24.5 Å². The van der Waals surface area contributed by atoms with Gasteiger partial charge in [-0.25, -0.2) is 0 Å². The number of hydrogen-bond donors (Lipinski definition) is 2. The van der Waals surface area contributed by atoms with Gasteiger partial charge in [0.15, 0.2) is 0 Å². The van der Waals surface area contributed by atoms with Gasteiger partial charge in [-0.3, -0.25) is 4.79 Å². The summed E-state index contributed by atoms with van der Waals surface area (Å²) in [7, 11) is 0. The highest BCUT2D eigenvalue weighted by molar-refractivity contribution is 7.80. The van der Waals surface area contributed by atoms with Crippen LogP contribution in [0, 0.1) is 6.92 Å². The summed E-state index contributed by atoms with van der Waals surface area (Å²) in [5.74, 6) is 0.103. The number of piperazine rings is 1. The Morgan fingerprint density at radius 2 is 2.32 bits per heavy atom. The first kappa shape index (κ1) is 13.8. The van der Waals surface area contributed by atoms with Crippen molar-refractivity contribution in [3.63, 3.8) is 0 Å². The summed E-state index contributed by atoms with van der Waals surface area (Å²) in [6.45, 7) is 5.57. The van der Waals surface area contributed by atoms with Gasteiger partial charge in [-0.2, -0.15) is 0 Å². The fourth-order valence-electron chi connectivity index (χ4n) is 2.54. The van der Waals surface area contributed by atoms with Crippen LogP contribution in [-0.4, -0.2) is 30.0 Å². The molecule has 1 amide bonds. The van der Waals surface area contributed by atoms with E-state index in [0.717, 1.165) is 29.8 Å². The molecule has 1 aromatic rings. The van der Waals surface area contributed by atoms with Crippen LogP contribution >= 0.6 is 12.2 Å². The standard InChI is InChI=1S/C14H19N3OS/c1-3-11-14(18)16-6-7-17(11)12-5-4-10(13(15)19)8-9(12)2/h4-5,8,11H,3,6-7H2,1-2H3,(H2,15,19)(H,16,18). The molecule has 4 nitrogen and oxygen atoms in total. The van der Waals surface area contributed by atoms with Gasteiger partial charge in [0.05, 0.1) is 0 Å². The Morgan fingerprint density at radius 1 is 1.58 bits per heavy atom. The lowest BCUT2D eigenvalue weighted by molar-refractivity contribution is -0.123. The van der Waals surface area contributed by atoms with Crippen molar-refractivity contribution >= 4 is 28.8 Å². The van der Waals surface area contributed by atoms with Gasteiger partial charge >= 0.3 is 0 Å². The lowest BCUT2D eigenvalue weighted by atomic mass is 10.0. The lowest BCUT2D eigenvalue weighted by Gasteiger charge is -2.37. The molecule has 102 valence electrons. The van der Waals surface area contributed by atoms with E-state index in [1.54, 1.807) is 0 Å². The molecule has 0 spiro atoms. The third-order valence-corrected chi connectivity index (χ3v) is 3.74. The molecule has 1 aromatic carbocycles. The van der Waals surface area contributed by atoms with Gasteiger partial charge in [0.25, 0.3) is 0 Å². The second-order valence-corrected chi connectivity index (χ2v) is 5.21. The van der Waals surface area contributed by atoms with Crippen molar-refractivity contribution in [3.8, 4) is 0 Å². The van der Waals surface area contributed by atoms with Gasteiger partial charge in [0, 0.05) is 24.3 Å². The van der Waals surface area contributed by atoms with Crippen LogP contribution in [0.2, 0.25) is 0 Å². The Labute approximate surface area is 119 Å².